The molecule has 0 saturated heterocycles. The van der Waals surface area contributed by atoms with Crippen LogP contribution in [0.5, 0.6) is 0 Å². The number of nitrogens with one attached hydrogen (secondary N) is 1. The van der Waals surface area contributed by atoms with Crippen LogP contribution in [0.3, 0.4) is 0 Å². The lowest BCUT2D eigenvalue weighted by molar-refractivity contribution is 1.56. The maximum Gasteiger partial charge on any atom is 0.0390 e. The zero-order valence-corrected chi connectivity index (χ0v) is 17.0. The molecule has 6 aromatic carbocycles. The zero-order valence-electron chi connectivity index (χ0n) is 17.0. The summed E-state index contributed by atoms with van der Waals surface area (Å²) in [7, 11) is 0. The number of rotatable bonds is 3. The van der Waals surface area contributed by atoms with Gasteiger partial charge >= 0.3 is 0 Å². The fourth-order valence-electron chi connectivity index (χ4n) is 4.53. The molecule has 0 atom stereocenters. The van der Waals surface area contributed by atoms with Crippen molar-refractivity contribution in [2.24, 2.45) is 0 Å². The summed E-state index contributed by atoms with van der Waals surface area (Å²) in [6.07, 6.45) is 0. The second-order valence-corrected chi connectivity index (χ2v) is 7.92. The largest absolute Gasteiger partial charge is 0.356 e. The van der Waals surface area contributed by atoms with Gasteiger partial charge in [-0.2, -0.15) is 0 Å². The Morgan fingerprint density at radius 1 is 0.323 bits per heavy atom. The summed E-state index contributed by atoms with van der Waals surface area (Å²) in [5.74, 6) is 0. The minimum absolute atomic E-state index is 1.09. The average Bonchev–Trinajstić information content (AvgIpc) is 2.85. The second kappa shape index (κ2) is 7.30. The van der Waals surface area contributed by atoms with Crippen molar-refractivity contribution in [3.05, 3.63) is 121 Å². The lowest BCUT2D eigenvalue weighted by atomic mass is 9.94. The van der Waals surface area contributed by atoms with Crippen molar-refractivity contribution in [3.8, 4) is 11.1 Å². The van der Waals surface area contributed by atoms with E-state index in [9.17, 15) is 0 Å². The molecular weight excluding hydrogens is 374 g/mol. The molecule has 0 radical (unpaired) electrons. The Bertz CT molecular complexity index is 1500. The van der Waals surface area contributed by atoms with E-state index in [1.807, 2.05) is 6.07 Å². The van der Waals surface area contributed by atoms with Crippen molar-refractivity contribution in [3.63, 3.8) is 0 Å². The van der Waals surface area contributed by atoms with Crippen LogP contribution >= 0.6 is 0 Å². The summed E-state index contributed by atoms with van der Waals surface area (Å²) >= 11 is 0. The molecule has 1 N–H and O–H groups in total. The topological polar surface area (TPSA) is 12.0 Å². The van der Waals surface area contributed by atoms with E-state index in [1.165, 1.54) is 43.4 Å². The fourth-order valence-corrected chi connectivity index (χ4v) is 4.53. The molecule has 0 aliphatic rings. The smallest absolute Gasteiger partial charge is 0.0390 e. The number of anilines is 2. The summed E-state index contributed by atoms with van der Waals surface area (Å²) < 4.78 is 0. The molecular formula is C30H21N. The molecule has 0 bridgehead atoms. The molecule has 1 heteroatoms. The van der Waals surface area contributed by atoms with Crippen LogP contribution < -0.4 is 5.32 Å². The summed E-state index contributed by atoms with van der Waals surface area (Å²) in [6, 6.07) is 43.2. The van der Waals surface area contributed by atoms with Crippen molar-refractivity contribution < 1.29 is 0 Å². The first kappa shape index (κ1) is 17.7. The van der Waals surface area contributed by atoms with Crippen LogP contribution in [0, 0.1) is 0 Å². The fraction of sp³-hybridized carbons (Fsp3) is 0. The zero-order chi connectivity index (χ0) is 20.6. The normalized spacial score (nSPS) is 11.2. The highest BCUT2D eigenvalue weighted by Gasteiger charge is 2.08. The van der Waals surface area contributed by atoms with Crippen LogP contribution in [0.1, 0.15) is 0 Å². The first-order chi connectivity index (χ1) is 15.4. The molecule has 0 heterocycles. The Kier molecular flexibility index (Phi) is 4.18. The summed E-state index contributed by atoms with van der Waals surface area (Å²) in [5.41, 5.74) is 4.64. The van der Waals surface area contributed by atoms with Gasteiger partial charge in [0.2, 0.25) is 0 Å². The maximum absolute atomic E-state index is 3.59. The van der Waals surface area contributed by atoms with Crippen molar-refractivity contribution in [2.45, 2.75) is 0 Å². The summed E-state index contributed by atoms with van der Waals surface area (Å²) in [6.45, 7) is 0. The van der Waals surface area contributed by atoms with E-state index in [0.29, 0.717) is 0 Å². The van der Waals surface area contributed by atoms with Gasteiger partial charge in [-0.3, -0.25) is 0 Å². The minimum Gasteiger partial charge on any atom is -0.356 e. The minimum atomic E-state index is 1.09. The van der Waals surface area contributed by atoms with Crippen molar-refractivity contribution in [2.75, 3.05) is 5.32 Å². The highest BCUT2D eigenvalue weighted by molar-refractivity contribution is 6.25. The second-order valence-electron chi connectivity index (χ2n) is 7.92. The van der Waals surface area contributed by atoms with Gasteiger partial charge in [-0.15, -0.1) is 0 Å². The molecule has 0 saturated carbocycles. The van der Waals surface area contributed by atoms with Crippen LogP contribution in [-0.4, -0.2) is 0 Å². The Labute approximate surface area is 181 Å². The van der Waals surface area contributed by atoms with Crippen LogP contribution in [0.15, 0.2) is 121 Å². The number of hydrogen-bond acceptors (Lipinski definition) is 1. The number of benzene rings is 6. The van der Waals surface area contributed by atoms with Gasteiger partial charge in [0, 0.05) is 11.4 Å². The van der Waals surface area contributed by atoms with E-state index in [1.54, 1.807) is 0 Å². The van der Waals surface area contributed by atoms with Gasteiger partial charge in [0.25, 0.3) is 0 Å². The van der Waals surface area contributed by atoms with Crippen LogP contribution in [0.2, 0.25) is 0 Å². The van der Waals surface area contributed by atoms with Gasteiger partial charge in [0.05, 0.1) is 0 Å². The summed E-state index contributed by atoms with van der Waals surface area (Å²) in [5, 5.41) is 11.4. The Hall–Kier alpha value is -4.10. The Balaban J connectivity index is 1.43. The highest BCUT2D eigenvalue weighted by Crippen LogP contribution is 2.36. The maximum atomic E-state index is 3.59. The van der Waals surface area contributed by atoms with Crippen molar-refractivity contribution >= 4 is 43.7 Å². The predicted octanol–water partition coefficient (Wildman–Crippen LogP) is 8.56. The molecule has 0 aliphatic heterocycles. The van der Waals surface area contributed by atoms with E-state index in [2.05, 4.69) is 121 Å². The highest BCUT2D eigenvalue weighted by atomic mass is 14.9. The molecule has 0 unspecified atom stereocenters. The molecule has 146 valence electrons. The van der Waals surface area contributed by atoms with Gasteiger partial charge in [-0.25, -0.2) is 0 Å². The van der Waals surface area contributed by atoms with E-state index < -0.39 is 0 Å². The molecule has 0 fully saturated rings. The lowest BCUT2D eigenvalue weighted by Gasteiger charge is -2.13. The van der Waals surface area contributed by atoms with Crippen molar-refractivity contribution in [1.82, 2.24) is 0 Å². The van der Waals surface area contributed by atoms with Crippen LogP contribution in [0.4, 0.5) is 11.4 Å². The molecule has 6 aromatic rings. The summed E-state index contributed by atoms with van der Waals surface area (Å²) in [4.78, 5) is 0. The van der Waals surface area contributed by atoms with Crippen molar-refractivity contribution in [1.29, 1.82) is 0 Å². The number of hydrogen-bond donors (Lipinski definition) is 1. The monoisotopic (exact) mass is 395 g/mol. The molecule has 0 aromatic heterocycles. The SMILES string of the molecule is c1ccc(-c2ccc(Nc3ccc4c5ccccc5c5ccccc5c4c3)cc2)cc1. The standard InChI is InChI=1S/C30H21N/c1-2-8-21(9-3-1)22-14-16-23(17-15-22)31-24-18-19-29-27-12-5-4-10-25(27)26-11-6-7-13-28(26)30(29)20-24/h1-20,31H. The van der Waals surface area contributed by atoms with Crippen LogP contribution in [0.25, 0.3) is 43.4 Å². The molecule has 0 amide bonds. The molecule has 0 spiro atoms. The van der Waals surface area contributed by atoms with Gasteiger partial charge in [0.1, 0.15) is 0 Å². The van der Waals surface area contributed by atoms with Gasteiger partial charge in [-0.1, -0.05) is 97.1 Å². The third-order valence-corrected chi connectivity index (χ3v) is 6.02. The van der Waals surface area contributed by atoms with E-state index in [-0.39, 0.29) is 0 Å². The predicted molar refractivity (Wildman–Crippen MR) is 134 cm³/mol. The number of fused-ring (bicyclic) bond motifs is 6. The third kappa shape index (κ3) is 3.12. The molecule has 1 nitrogen and oxygen atoms in total. The first-order valence-electron chi connectivity index (χ1n) is 10.6. The average molecular weight is 396 g/mol. The third-order valence-electron chi connectivity index (χ3n) is 6.02. The quantitative estimate of drug-likeness (QED) is 0.296. The first-order valence-corrected chi connectivity index (χ1v) is 10.6. The lowest BCUT2D eigenvalue weighted by Crippen LogP contribution is -1.91. The van der Waals surface area contributed by atoms with Gasteiger partial charge in [-0.05, 0) is 67.7 Å². The van der Waals surface area contributed by atoms with E-state index in [0.717, 1.165) is 11.4 Å². The van der Waals surface area contributed by atoms with Gasteiger partial charge < -0.3 is 5.32 Å². The van der Waals surface area contributed by atoms with E-state index >= 15 is 0 Å². The molecule has 0 aliphatic carbocycles. The van der Waals surface area contributed by atoms with E-state index in [4.69, 9.17) is 0 Å². The van der Waals surface area contributed by atoms with Crippen LogP contribution in [-0.2, 0) is 0 Å². The Morgan fingerprint density at radius 3 is 1.39 bits per heavy atom. The van der Waals surface area contributed by atoms with Gasteiger partial charge in [0.15, 0.2) is 0 Å². The molecule has 6 rings (SSSR count). The Morgan fingerprint density at radius 2 is 0.774 bits per heavy atom. The molecule has 31 heavy (non-hydrogen) atoms.